The molecule has 0 N–H and O–H groups in total. The summed E-state index contributed by atoms with van der Waals surface area (Å²) in [6.45, 7) is 14.1. The minimum Gasteiger partial charge on any atom is -0.481 e. The van der Waals surface area contributed by atoms with Gasteiger partial charge in [-0.3, -0.25) is 4.68 Å². The molecule has 2 aliphatic heterocycles. The lowest BCUT2D eigenvalue weighted by atomic mass is 9.87. The van der Waals surface area contributed by atoms with Gasteiger partial charge in [0, 0.05) is 47.9 Å². The molecule has 1 fully saturated rings. The number of amides is 1. The Morgan fingerprint density at radius 1 is 1.12 bits per heavy atom. The van der Waals surface area contributed by atoms with Crippen molar-refractivity contribution in [2.45, 2.75) is 91.5 Å². The summed E-state index contributed by atoms with van der Waals surface area (Å²) in [5.41, 5.74) is 5.68. The van der Waals surface area contributed by atoms with E-state index in [1.165, 1.54) is 5.56 Å². The predicted octanol–water partition coefficient (Wildman–Crippen LogP) is 4.99. The van der Waals surface area contributed by atoms with Crippen LogP contribution in [0, 0.1) is 12.8 Å². The van der Waals surface area contributed by atoms with E-state index in [1.807, 2.05) is 54.4 Å². The summed E-state index contributed by atoms with van der Waals surface area (Å²) in [6, 6.07) is 2.29. The van der Waals surface area contributed by atoms with E-state index in [9.17, 15) is 4.79 Å². The Balaban J connectivity index is 1.36. The molecule has 2 atom stereocenters. The van der Waals surface area contributed by atoms with Gasteiger partial charge in [-0.15, -0.1) is 0 Å². The van der Waals surface area contributed by atoms with Crippen molar-refractivity contribution in [2.75, 3.05) is 20.3 Å². The minimum absolute atomic E-state index is 0.102. The Kier molecular flexibility index (Phi) is 7.90. The maximum absolute atomic E-state index is 12.8. The van der Waals surface area contributed by atoms with Crippen molar-refractivity contribution < 1.29 is 19.0 Å². The second-order valence-corrected chi connectivity index (χ2v) is 12.2. The fraction of sp³-hybridized carbons (Fsp3) is 0.600. The van der Waals surface area contributed by atoms with Gasteiger partial charge in [0.2, 0.25) is 5.88 Å². The van der Waals surface area contributed by atoms with Crippen LogP contribution in [-0.2, 0) is 28.9 Å². The lowest BCUT2D eigenvalue weighted by molar-refractivity contribution is -0.00864. The zero-order chi connectivity index (χ0) is 28.6. The van der Waals surface area contributed by atoms with Gasteiger partial charge in [0.15, 0.2) is 0 Å². The van der Waals surface area contributed by atoms with Crippen molar-refractivity contribution in [1.29, 1.82) is 0 Å². The highest BCUT2D eigenvalue weighted by Gasteiger charge is 2.36. The highest BCUT2D eigenvalue weighted by molar-refractivity contribution is 5.69. The molecule has 0 spiro atoms. The van der Waals surface area contributed by atoms with Crippen LogP contribution < -0.4 is 4.74 Å². The van der Waals surface area contributed by atoms with Crippen molar-refractivity contribution in [3.8, 4) is 22.8 Å². The standard InChI is InChI=1S/C30H42N6O4/c1-19-12-23(15-31-28(19)38-7)27-25-8-10-39-11-9-26(25)36(33-27)24-16-32-34(18-24)17-22-13-20(2)35(21(3)14-22)29(37)40-30(4,5)6/h12,15-16,18,20-22H,8-11,13-14,17H2,1-7H3. The van der Waals surface area contributed by atoms with Crippen molar-refractivity contribution in [2.24, 2.45) is 5.92 Å². The van der Waals surface area contributed by atoms with Gasteiger partial charge in [-0.2, -0.15) is 10.2 Å². The molecule has 3 aromatic heterocycles. The summed E-state index contributed by atoms with van der Waals surface area (Å²) < 4.78 is 20.9. The number of aromatic nitrogens is 5. The van der Waals surface area contributed by atoms with Gasteiger partial charge in [0.1, 0.15) is 11.3 Å². The average molecular weight is 551 g/mol. The molecule has 10 nitrogen and oxygen atoms in total. The Morgan fingerprint density at radius 2 is 1.85 bits per heavy atom. The lowest BCUT2D eigenvalue weighted by Crippen LogP contribution is -2.51. The van der Waals surface area contributed by atoms with Crippen molar-refractivity contribution in [3.63, 3.8) is 0 Å². The molecular formula is C30H42N6O4. The monoisotopic (exact) mass is 550 g/mol. The molecule has 5 heterocycles. The average Bonchev–Trinajstić information content (AvgIpc) is 3.39. The molecule has 10 heteroatoms. The smallest absolute Gasteiger partial charge is 0.410 e. The molecule has 0 aliphatic carbocycles. The third kappa shape index (κ3) is 5.87. The summed E-state index contributed by atoms with van der Waals surface area (Å²) in [7, 11) is 1.64. The first kappa shape index (κ1) is 28.1. The van der Waals surface area contributed by atoms with E-state index in [2.05, 4.69) is 31.1 Å². The number of ether oxygens (including phenoxy) is 3. The molecule has 40 heavy (non-hydrogen) atoms. The summed E-state index contributed by atoms with van der Waals surface area (Å²) in [6.07, 6.45) is 8.97. The quantitative estimate of drug-likeness (QED) is 0.442. The number of carbonyl (C=O) groups excluding carboxylic acids is 1. The fourth-order valence-electron chi connectivity index (χ4n) is 6.17. The first-order valence-electron chi connectivity index (χ1n) is 14.3. The predicted molar refractivity (Wildman–Crippen MR) is 152 cm³/mol. The number of hydrogen-bond donors (Lipinski definition) is 0. The number of piperidine rings is 1. The van der Waals surface area contributed by atoms with E-state index >= 15 is 0 Å². The third-order valence-corrected chi connectivity index (χ3v) is 7.78. The van der Waals surface area contributed by atoms with Gasteiger partial charge in [-0.05, 0) is 72.8 Å². The molecule has 0 saturated carbocycles. The number of nitrogens with zero attached hydrogens (tertiary/aromatic N) is 6. The molecule has 216 valence electrons. The van der Waals surface area contributed by atoms with E-state index in [1.54, 1.807) is 7.11 Å². The van der Waals surface area contributed by atoms with Gasteiger partial charge >= 0.3 is 6.09 Å². The first-order chi connectivity index (χ1) is 19.0. The van der Waals surface area contributed by atoms with Crippen molar-refractivity contribution in [1.82, 2.24) is 29.4 Å². The normalized spacial score (nSPS) is 21.6. The van der Waals surface area contributed by atoms with Crippen molar-refractivity contribution in [3.05, 3.63) is 41.5 Å². The van der Waals surface area contributed by atoms with Crippen LogP contribution >= 0.6 is 0 Å². The van der Waals surface area contributed by atoms with E-state index in [4.69, 9.17) is 24.4 Å². The number of pyridine rings is 1. The van der Waals surface area contributed by atoms with E-state index < -0.39 is 5.60 Å². The molecule has 2 unspecified atom stereocenters. The van der Waals surface area contributed by atoms with Crippen LogP contribution in [0.4, 0.5) is 4.79 Å². The Labute approximate surface area is 236 Å². The SMILES string of the molecule is COc1ncc(-c2nn(-c3cnn(CC4CC(C)N(C(=O)OC(C)(C)C)C(C)C4)c3)c3c2CCOCC3)cc1C. The number of methoxy groups -OCH3 is 1. The Morgan fingerprint density at radius 3 is 2.52 bits per heavy atom. The molecule has 1 saturated heterocycles. The van der Waals surface area contributed by atoms with Crippen LogP contribution in [0.25, 0.3) is 16.9 Å². The Hall–Kier alpha value is -3.40. The fourth-order valence-corrected chi connectivity index (χ4v) is 6.17. The maximum Gasteiger partial charge on any atom is 0.410 e. The number of rotatable bonds is 5. The lowest BCUT2D eigenvalue weighted by Gasteiger charge is -2.42. The molecule has 2 aliphatic rings. The van der Waals surface area contributed by atoms with Crippen LogP contribution in [0.15, 0.2) is 24.7 Å². The van der Waals surface area contributed by atoms with Gasteiger partial charge in [0.25, 0.3) is 0 Å². The topological polar surface area (TPSA) is 96.5 Å². The van der Waals surface area contributed by atoms with E-state index in [0.717, 1.165) is 60.4 Å². The summed E-state index contributed by atoms with van der Waals surface area (Å²) >= 11 is 0. The number of fused-ring (bicyclic) bond motifs is 1. The van der Waals surface area contributed by atoms with Gasteiger partial charge in [0.05, 0.1) is 44.1 Å². The summed E-state index contributed by atoms with van der Waals surface area (Å²) in [5, 5.41) is 9.80. The first-order valence-corrected chi connectivity index (χ1v) is 14.3. The zero-order valence-electron chi connectivity index (χ0n) is 24.8. The molecule has 0 aromatic carbocycles. The number of carbonyl (C=O) groups is 1. The maximum atomic E-state index is 12.8. The zero-order valence-corrected chi connectivity index (χ0v) is 24.8. The second kappa shape index (κ2) is 11.2. The minimum atomic E-state index is -0.502. The van der Waals surface area contributed by atoms with E-state index in [0.29, 0.717) is 25.0 Å². The van der Waals surface area contributed by atoms with Gasteiger partial charge < -0.3 is 19.1 Å². The van der Waals surface area contributed by atoms with Crippen LogP contribution in [0.5, 0.6) is 5.88 Å². The largest absolute Gasteiger partial charge is 0.481 e. The molecule has 1 amide bonds. The number of likely N-dealkylation sites (tertiary alicyclic amines) is 1. The highest BCUT2D eigenvalue weighted by Crippen LogP contribution is 2.33. The van der Waals surface area contributed by atoms with Gasteiger partial charge in [-0.1, -0.05) is 0 Å². The molecule has 0 bridgehead atoms. The highest BCUT2D eigenvalue weighted by atomic mass is 16.6. The van der Waals surface area contributed by atoms with E-state index in [-0.39, 0.29) is 18.2 Å². The van der Waals surface area contributed by atoms with Crippen LogP contribution in [-0.4, -0.2) is 73.5 Å². The van der Waals surface area contributed by atoms with Crippen molar-refractivity contribution >= 4 is 6.09 Å². The van der Waals surface area contributed by atoms with Crippen LogP contribution in [0.3, 0.4) is 0 Å². The molecule has 5 rings (SSSR count). The number of aryl methyl sites for hydroxylation is 1. The number of hydrogen-bond acceptors (Lipinski definition) is 7. The summed E-state index contributed by atoms with van der Waals surface area (Å²) in [5.74, 6) is 1.03. The second-order valence-electron chi connectivity index (χ2n) is 12.2. The Bertz CT molecular complexity index is 1340. The molecule has 0 radical (unpaired) electrons. The van der Waals surface area contributed by atoms with Crippen LogP contribution in [0.2, 0.25) is 0 Å². The van der Waals surface area contributed by atoms with Gasteiger partial charge in [-0.25, -0.2) is 14.5 Å². The molecular weight excluding hydrogens is 508 g/mol. The summed E-state index contributed by atoms with van der Waals surface area (Å²) in [4.78, 5) is 19.2. The third-order valence-electron chi connectivity index (χ3n) is 7.78. The van der Waals surface area contributed by atoms with Crippen LogP contribution in [0.1, 0.15) is 64.3 Å². The molecule has 3 aromatic rings.